The Kier molecular flexibility index (Phi) is 3.68. The van der Waals surface area contributed by atoms with E-state index in [1.807, 2.05) is 6.07 Å². The van der Waals surface area contributed by atoms with Crippen molar-refractivity contribution < 1.29 is 0 Å². The van der Waals surface area contributed by atoms with E-state index in [-0.39, 0.29) is 11.5 Å². The molecule has 1 aromatic heterocycles. The quantitative estimate of drug-likeness (QED) is 0.905. The highest BCUT2D eigenvalue weighted by molar-refractivity contribution is 5.35. The molecule has 1 aliphatic rings. The summed E-state index contributed by atoms with van der Waals surface area (Å²) in [6.07, 6.45) is 2.19. The molecule has 2 aromatic rings. The van der Waals surface area contributed by atoms with Crippen LogP contribution in [0.5, 0.6) is 0 Å². The molecule has 1 fully saturated rings. The van der Waals surface area contributed by atoms with Gasteiger partial charge in [0.1, 0.15) is 5.82 Å². The Bertz CT molecular complexity index is 590. The van der Waals surface area contributed by atoms with Gasteiger partial charge in [0.05, 0.1) is 0 Å². The molecule has 0 spiro atoms. The third-order valence-corrected chi connectivity index (χ3v) is 4.30. The highest BCUT2D eigenvalue weighted by Gasteiger charge is 2.28. The first kappa shape index (κ1) is 14.1. The smallest absolute Gasteiger partial charge is 0.244 e. The van der Waals surface area contributed by atoms with Crippen LogP contribution >= 0.6 is 0 Å². The molecule has 21 heavy (non-hydrogen) atoms. The molecule has 3 rings (SSSR count). The van der Waals surface area contributed by atoms with E-state index in [9.17, 15) is 0 Å². The van der Waals surface area contributed by atoms with Gasteiger partial charge in [-0.05, 0) is 32.3 Å². The van der Waals surface area contributed by atoms with Crippen molar-refractivity contribution in [3.05, 3.63) is 41.7 Å². The number of nitrogens with two attached hydrogens (primary N) is 1. The molecule has 1 unspecified atom stereocenters. The minimum atomic E-state index is -0.190. The number of hydrogen-bond donors (Lipinski definition) is 2. The molecule has 0 bridgehead atoms. The van der Waals surface area contributed by atoms with Crippen molar-refractivity contribution in [2.75, 3.05) is 18.0 Å². The molecule has 1 aliphatic heterocycles. The van der Waals surface area contributed by atoms with Gasteiger partial charge in [-0.3, -0.25) is 5.10 Å². The third kappa shape index (κ3) is 2.78. The van der Waals surface area contributed by atoms with Crippen LogP contribution in [0.2, 0.25) is 0 Å². The van der Waals surface area contributed by atoms with E-state index in [4.69, 9.17) is 10.7 Å². The predicted molar refractivity (Wildman–Crippen MR) is 84.4 cm³/mol. The number of aromatic nitrogens is 3. The van der Waals surface area contributed by atoms with Crippen LogP contribution in [-0.4, -0.2) is 34.3 Å². The molecular weight excluding hydrogens is 262 g/mol. The van der Waals surface area contributed by atoms with Gasteiger partial charge in [-0.15, -0.1) is 5.10 Å². The zero-order valence-corrected chi connectivity index (χ0v) is 12.7. The van der Waals surface area contributed by atoms with Crippen LogP contribution in [0.4, 0.5) is 5.95 Å². The second-order valence-electron chi connectivity index (χ2n) is 6.32. The predicted octanol–water partition coefficient (Wildman–Crippen LogP) is 2.06. The van der Waals surface area contributed by atoms with Crippen LogP contribution in [0.1, 0.15) is 38.1 Å². The van der Waals surface area contributed by atoms with E-state index in [2.05, 4.69) is 53.2 Å². The molecule has 1 atom stereocenters. The number of anilines is 1. The van der Waals surface area contributed by atoms with Gasteiger partial charge < -0.3 is 10.6 Å². The Morgan fingerprint density at radius 2 is 2.05 bits per heavy atom. The number of hydrogen-bond acceptors (Lipinski definition) is 4. The number of rotatable bonds is 3. The number of aromatic amines is 1. The van der Waals surface area contributed by atoms with E-state index in [0.29, 0.717) is 0 Å². The van der Waals surface area contributed by atoms with Crippen molar-refractivity contribution in [3.63, 3.8) is 0 Å². The van der Waals surface area contributed by atoms with Crippen LogP contribution in [0.3, 0.4) is 0 Å². The average molecular weight is 285 g/mol. The van der Waals surface area contributed by atoms with Gasteiger partial charge >= 0.3 is 0 Å². The van der Waals surface area contributed by atoms with Gasteiger partial charge in [-0.2, -0.15) is 4.98 Å². The Hall–Kier alpha value is -1.88. The van der Waals surface area contributed by atoms with E-state index >= 15 is 0 Å². The largest absolute Gasteiger partial charge is 0.338 e. The van der Waals surface area contributed by atoms with Crippen LogP contribution in [0.15, 0.2) is 30.3 Å². The average Bonchev–Trinajstić information content (AvgIpc) is 2.99. The standard InChI is InChI=1S/C16H23N5/c1-16(2,12-7-4-3-5-8-12)14-18-15(20-19-14)21-10-6-9-13(17)11-21/h3-5,7-8,13H,6,9-11,17H2,1-2H3,(H,18,19,20). The first-order chi connectivity index (χ1) is 10.1. The van der Waals surface area contributed by atoms with E-state index in [0.717, 1.165) is 37.7 Å². The minimum absolute atomic E-state index is 0.190. The van der Waals surface area contributed by atoms with E-state index in [1.54, 1.807) is 0 Å². The lowest BCUT2D eigenvalue weighted by Gasteiger charge is -2.29. The number of H-pyrrole nitrogens is 1. The van der Waals surface area contributed by atoms with Crippen LogP contribution in [0, 0.1) is 0 Å². The molecule has 5 nitrogen and oxygen atoms in total. The van der Waals surface area contributed by atoms with Gasteiger partial charge in [-0.25, -0.2) is 0 Å². The topological polar surface area (TPSA) is 70.8 Å². The highest BCUT2D eigenvalue weighted by Crippen LogP contribution is 2.29. The summed E-state index contributed by atoms with van der Waals surface area (Å²) < 4.78 is 0. The third-order valence-electron chi connectivity index (χ3n) is 4.30. The molecule has 5 heteroatoms. The fraction of sp³-hybridized carbons (Fsp3) is 0.500. The zero-order valence-electron chi connectivity index (χ0n) is 12.7. The van der Waals surface area contributed by atoms with E-state index in [1.165, 1.54) is 5.56 Å². The summed E-state index contributed by atoms with van der Waals surface area (Å²) >= 11 is 0. The summed E-state index contributed by atoms with van der Waals surface area (Å²) in [4.78, 5) is 6.90. The SMILES string of the molecule is CC(C)(c1ccccc1)c1nc(N2CCCC(N)C2)n[nH]1. The monoisotopic (exact) mass is 285 g/mol. The van der Waals surface area contributed by atoms with Gasteiger partial charge in [0, 0.05) is 24.5 Å². The normalized spacial score (nSPS) is 19.8. The highest BCUT2D eigenvalue weighted by atomic mass is 15.4. The summed E-state index contributed by atoms with van der Waals surface area (Å²) in [6.45, 7) is 6.14. The van der Waals surface area contributed by atoms with E-state index < -0.39 is 0 Å². The van der Waals surface area contributed by atoms with Crippen molar-refractivity contribution in [1.82, 2.24) is 15.2 Å². The van der Waals surface area contributed by atoms with Gasteiger partial charge in [-0.1, -0.05) is 30.3 Å². The summed E-state index contributed by atoms with van der Waals surface area (Å²) in [6, 6.07) is 10.6. The van der Waals surface area contributed by atoms with Crippen LogP contribution < -0.4 is 10.6 Å². The fourth-order valence-corrected chi connectivity index (χ4v) is 2.86. The summed E-state index contributed by atoms with van der Waals surface area (Å²) in [5, 5.41) is 7.51. The molecule has 0 radical (unpaired) electrons. The molecule has 0 saturated carbocycles. The van der Waals surface area contributed by atoms with Crippen molar-refractivity contribution in [3.8, 4) is 0 Å². The summed E-state index contributed by atoms with van der Waals surface area (Å²) in [7, 11) is 0. The number of piperidine rings is 1. The lowest BCUT2D eigenvalue weighted by molar-refractivity contribution is 0.500. The summed E-state index contributed by atoms with van der Waals surface area (Å²) in [5.74, 6) is 1.66. The lowest BCUT2D eigenvalue weighted by Crippen LogP contribution is -2.43. The molecule has 1 aromatic carbocycles. The minimum Gasteiger partial charge on any atom is -0.338 e. The van der Waals surface area contributed by atoms with Crippen molar-refractivity contribution in [1.29, 1.82) is 0 Å². The second-order valence-corrected chi connectivity index (χ2v) is 6.32. The Morgan fingerprint density at radius 3 is 2.76 bits per heavy atom. The van der Waals surface area contributed by atoms with Gasteiger partial charge in [0.2, 0.25) is 5.95 Å². The van der Waals surface area contributed by atoms with Crippen LogP contribution in [0.25, 0.3) is 0 Å². The maximum atomic E-state index is 6.04. The first-order valence-electron chi connectivity index (χ1n) is 7.56. The molecule has 112 valence electrons. The lowest BCUT2D eigenvalue weighted by atomic mass is 9.84. The number of nitrogens with one attached hydrogen (secondary N) is 1. The maximum Gasteiger partial charge on any atom is 0.244 e. The van der Waals surface area contributed by atoms with Gasteiger partial charge in [0.15, 0.2) is 0 Å². The molecule has 0 amide bonds. The first-order valence-corrected chi connectivity index (χ1v) is 7.56. The Labute approximate surface area is 125 Å². The number of benzene rings is 1. The summed E-state index contributed by atoms with van der Waals surface area (Å²) in [5.41, 5.74) is 7.07. The number of nitrogens with zero attached hydrogens (tertiary/aromatic N) is 3. The molecule has 1 saturated heterocycles. The van der Waals surface area contributed by atoms with Crippen molar-refractivity contribution in [2.24, 2.45) is 5.73 Å². The fourth-order valence-electron chi connectivity index (χ4n) is 2.86. The molecule has 0 aliphatic carbocycles. The molecule has 2 heterocycles. The second kappa shape index (κ2) is 5.48. The van der Waals surface area contributed by atoms with Crippen LogP contribution in [-0.2, 0) is 5.41 Å². The zero-order chi connectivity index (χ0) is 14.9. The Balaban J connectivity index is 1.84. The maximum absolute atomic E-state index is 6.04. The van der Waals surface area contributed by atoms with Crippen molar-refractivity contribution >= 4 is 5.95 Å². The Morgan fingerprint density at radius 1 is 1.29 bits per heavy atom. The molecule has 3 N–H and O–H groups in total. The van der Waals surface area contributed by atoms with Gasteiger partial charge in [0.25, 0.3) is 0 Å². The van der Waals surface area contributed by atoms with Crippen molar-refractivity contribution in [2.45, 2.75) is 38.1 Å². The molecular formula is C16H23N5.